The number of anilines is 2. The average Bonchev–Trinajstić information content (AvgIpc) is 2.77. The molecule has 0 amide bonds. The minimum atomic E-state index is 0.254. The molecule has 0 unspecified atom stereocenters. The molecule has 0 radical (unpaired) electrons. The third-order valence-electron chi connectivity index (χ3n) is 4.78. The van der Waals surface area contributed by atoms with Gasteiger partial charge in [0, 0.05) is 37.9 Å². The van der Waals surface area contributed by atoms with Crippen LogP contribution in [0, 0.1) is 13.8 Å². The van der Waals surface area contributed by atoms with Crippen LogP contribution in [-0.2, 0) is 18.3 Å². The number of nitrogens with one attached hydrogen (secondary N) is 1. The minimum Gasteiger partial charge on any atom is -0.379 e. The number of para-hydroxylation sites is 2. The highest BCUT2D eigenvalue weighted by atomic mass is 16.5. The topological polar surface area (TPSA) is 42.3 Å². The zero-order chi connectivity index (χ0) is 17.3. The van der Waals surface area contributed by atoms with Crippen molar-refractivity contribution in [2.75, 3.05) is 23.3 Å². The maximum absolute atomic E-state index is 5.87. The number of morpholine rings is 1. The first kappa shape index (κ1) is 16.8. The van der Waals surface area contributed by atoms with E-state index in [1.54, 1.807) is 0 Å². The lowest BCUT2D eigenvalue weighted by Gasteiger charge is -2.37. The predicted octanol–water partition coefficient (Wildman–Crippen LogP) is 3.26. The maximum atomic E-state index is 5.87. The summed E-state index contributed by atoms with van der Waals surface area (Å²) in [5.74, 6) is 0. The molecule has 5 nitrogen and oxygen atoms in total. The summed E-state index contributed by atoms with van der Waals surface area (Å²) < 4.78 is 7.82. The molecule has 1 N–H and O–H groups in total. The quantitative estimate of drug-likeness (QED) is 0.935. The summed E-state index contributed by atoms with van der Waals surface area (Å²) in [5.41, 5.74) is 6.00. The number of rotatable bonds is 4. The number of aromatic nitrogens is 2. The summed E-state index contributed by atoms with van der Waals surface area (Å²) in [6.07, 6.45) is 0.509. The van der Waals surface area contributed by atoms with Crippen LogP contribution in [0.4, 0.5) is 11.4 Å². The van der Waals surface area contributed by atoms with Gasteiger partial charge < -0.3 is 15.0 Å². The van der Waals surface area contributed by atoms with Gasteiger partial charge in [0.1, 0.15) is 0 Å². The Morgan fingerprint density at radius 1 is 1.17 bits per heavy atom. The maximum Gasteiger partial charge on any atom is 0.0726 e. The number of hydrogen-bond acceptors (Lipinski definition) is 4. The molecule has 1 aliphatic heterocycles. The van der Waals surface area contributed by atoms with Crippen molar-refractivity contribution in [1.29, 1.82) is 0 Å². The van der Waals surface area contributed by atoms with Gasteiger partial charge in [-0.2, -0.15) is 5.10 Å². The van der Waals surface area contributed by atoms with Gasteiger partial charge >= 0.3 is 0 Å². The Balaban J connectivity index is 1.79. The van der Waals surface area contributed by atoms with E-state index in [0.717, 1.165) is 25.3 Å². The second kappa shape index (κ2) is 6.85. The van der Waals surface area contributed by atoms with Crippen LogP contribution in [0.25, 0.3) is 0 Å². The molecule has 0 aliphatic carbocycles. The van der Waals surface area contributed by atoms with Crippen LogP contribution in [0.5, 0.6) is 0 Å². The molecule has 0 spiro atoms. The molecule has 2 aromatic rings. The Morgan fingerprint density at radius 2 is 1.83 bits per heavy atom. The number of nitrogens with zero attached hydrogens (tertiary/aromatic N) is 3. The molecule has 1 saturated heterocycles. The van der Waals surface area contributed by atoms with Gasteiger partial charge in [-0.05, 0) is 39.8 Å². The number of aryl methyl sites for hydroxylation is 2. The Kier molecular flexibility index (Phi) is 4.81. The minimum absolute atomic E-state index is 0.254. The van der Waals surface area contributed by atoms with Gasteiger partial charge in [0.05, 0.1) is 29.3 Å². The van der Waals surface area contributed by atoms with E-state index in [0.29, 0.717) is 0 Å². The van der Waals surface area contributed by atoms with Crippen LogP contribution in [-0.4, -0.2) is 35.1 Å². The normalized spacial score (nSPS) is 21.1. The fourth-order valence-electron chi connectivity index (χ4n) is 3.53. The lowest BCUT2D eigenvalue weighted by atomic mass is 10.1. The van der Waals surface area contributed by atoms with Gasteiger partial charge in [-0.25, -0.2) is 0 Å². The van der Waals surface area contributed by atoms with Crippen LogP contribution in [0.15, 0.2) is 24.3 Å². The highest BCUT2D eigenvalue weighted by Crippen LogP contribution is 2.29. The molecule has 2 heterocycles. The third-order valence-corrected chi connectivity index (χ3v) is 4.78. The van der Waals surface area contributed by atoms with Gasteiger partial charge in [0.15, 0.2) is 0 Å². The van der Waals surface area contributed by atoms with Crippen molar-refractivity contribution in [1.82, 2.24) is 9.78 Å². The number of hydrogen-bond donors (Lipinski definition) is 1. The standard InChI is InChI=1S/C19H28N4O/c1-13-11-23(12-14(2)24-13)19-9-7-6-8-18(19)20-10-17-15(3)21-22(5)16(17)4/h6-9,13-14,20H,10-12H2,1-5H3/t13-,14-/m0/s1. The first-order valence-electron chi connectivity index (χ1n) is 8.68. The van der Waals surface area contributed by atoms with E-state index in [4.69, 9.17) is 4.74 Å². The summed E-state index contributed by atoms with van der Waals surface area (Å²) in [6, 6.07) is 8.53. The molecule has 0 bridgehead atoms. The fourth-order valence-corrected chi connectivity index (χ4v) is 3.53. The molecule has 1 aromatic heterocycles. The Bertz CT molecular complexity index is 699. The van der Waals surface area contributed by atoms with Crippen LogP contribution in [0.2, 0.25) is 0 Å². The van der Waals surface area contributed by atoms with Gasteiger partial charge in [0.2, 0.25) is 0 Å². The predicted molar refractivity (Wildman–Crippen MR) is 98.7 cm³/mol. The zero-order valence-electron chi connectivity index (χ0n) is 15.3. The molecule has 2 atom stereocenters. The molecule has 0 saturated carbocycles. The van der Waals surface area contributed by atoms with Crippen LogP contribution in [0.1, 0.15) is 30.8 Å². The molecule has 5 heteroatoms. The third kappa shape index (κ3) is 3.41. The molecular weight excluding hydrogens is 300 g/mol. The smallest absolute Gasteiger partial charge is 0.0726 e. The van der Waals surface area contributed by atoms with Gasteiger partial charge in [-0.1, -0.05) is 12.1 Å². The SMILES string of the molecule is Cc1nn(C)c(C)c1CNc1ccccc1N1C[C@H](C)O[C@@H](C)C1. The van der Waals surface area contributed by atoms with Crippen molar-refractivity contribution in [3.8, 4) is 0 Å². The number of benzene rings is 1. The van der Waals surface area contributed by atoms with Crippen molar-refractivity contribution >= 4 is 11.4 Å². The van der Waals surface area contributed by atoms with E-state index in [-0.39, 0.29) is 12.2 Å². The van der Waals surface area contributed by atoms with E-state index in [1.807, 2.05) is 11.7 Å². The van der Waals surface area contributed by atoms with Crippen molar-refractivity contribution in [3.05, 3.63) is 41.2 Å². The molecular formula is C19H28N4O. The fraction of sp³-hybridized carbons (Fsp3) is 0.526. The molecule has 130 valence electrons. The zero-order valence-corrected chi connectivity index (χ0v) is 15.3. The first-order valence-corrected chi connectivity index (χ1v) is 8.68. The monoisotopic (exact) mass is 328 g/mol. The number of ether oxygens (including phenoxy) is 1. The Labute approximate surface area is 144 Å². The summed E-state index contributed by atoms with van der Waals surface area (Å²) in [4.78, 5) is 2.42. The van der Waals surface area contributed by atoms with Gasteiger partial charge in [0.25, 0.3) is 0 Å². The summed E-state index contributed by atoms with van der Waals surface area (Å²) in [5, 5.41) is 8.12. The molecule has 24 heavy (non-hydrogen) atoms. The summed E-state index contributed by atoms with van der Waals surface area (Å²) >= 11 is 0. The van der Waals surface area contributed by atoms with Gasteiger partial charge in [-0.15, -0.1) is 0 Å². The van der Waals surface area contributed by atoms with Gasteiger partial charge in [-0.3, -0.25) is 4.68 Å². The molecule has 1 aliphatic rings. The van der Waals surface area contributed by atoms with Crippen molar-refractivity contribution in [2.45, 2.75) is 46.4 Å². The lowest BCUT2D eigenvalue weighted by Crippen LogP contribution is -2.45. The van der Waals surface area contributed by atoms with E-state index in [2.05, 4.69) is 67.3 Å². The molecule has 1 aromatic carbocycles. The van der Waals surface area contributed by atoms with E-state index < -0.39 is 0 Å². The van der Waals surface area contributed by atoms with Crippen molar-refractivity contribution in [3.63, 3.8) is 0 Å². The second-order valence-corrected chi connectivity index (χ2v) is 6.81. The van der Waals surface area contributed by atoms with E-state index >= 15 is 0 Å². The highest BCUT2D eigenvalue weighted by Gasteiger charge is 2.23. The molecule has 3 rings (SSSR count). The van der Waals surface area contributed by atoms with Crippen molar-refractivity contribution in [2.24, 2.45) is 7.05 Å². The largest absolute Gasteiger partial charge is 0.379 e. The van der Waals surface area contributed by atoms with Crippen LogP contribution in [0.3, 0.4) is 0 Å². The average molecular weight is 328 g/mol. The highest BCUT2D eigenvalue weighted by molar-refractivity contribution is 5.70. The lowest BCUT2D eigenvalue weighted by molar-refractivity contribution is -0.00517. The Morgan fingerprint density at radius 3 is 2.46 bits per heavy atom. The summed E-state index contributed by atoms with van der Waals surface area (Å²) in [7, 11) is 2.00. The Hall–Kier alpha value is -2.01. The van der Waals surface area contributed by atoms with Crippen LogP contribution >= 0.6 is 0 Å². The molecule has 1 fully saturated rings. The van der Waals surface area contributed by atoms with E-state index in [1.165, 1.54) is 22.6 Å². The first-order chi connectivity index (χ1) is 11.5. The summed E-state index contributed by atoms with van der Waals surface area (Å²) in [6.45, 7) is 11.1. The van der Waals surface area contributed by atoms with E-state index in [9.17, 15) is 0 Å². The van der Waals surface area contributed by atoms with Crippen molar-refractivity contribution < 1.29 is 4.74 Å². The van der Waals surface area contributed by atoms with Crippen LogP contribution < -0.4 is 10.2 Å². The second-order valence-electron chi connectivity index (χ2n) is 6.81.